The number of para-hydroxylation sites is 1. The van der Waals surface area contributed by atoms with E-state index in [1.165, 1.54) is 19.8 Å². The van der Waals surface area contributed by atoms with Gasteiger partial charge in [0.05, 0.1) is 13.2 Å². The Bertz CT molecular complexity index is 892. The molecule has 0 spiro atoms. The fraction of sp³-hybridized carbons (Fsp3) is 0.565. The van der Waals surface area contributed by atoms with Crippen LogP contribution in [-0.2, 0) is 9.53 Å². The molecule has 1 atom stereocenters. The monoisotopic (exact) mass is 459 g/mol. The van der Waals surface area contributed by atoms with Gasteiger partial charge in [-0.3, -0.25) is 0 Å². The first kappa shape index (κ1) is 24.5. The molecule has 0 bridgehead atoms. The van der Waals surface area contributed by atoms with Crippen LogP contribution in [0.4, 0.5) is 11.9 Å². The number of carboxylic acids is 1. The summed E-state index contributed by atoms with van der Waals surface area (Å²) < 4.78 is 16.9. The predicted molar refractivity (Wildman–Crippen MR) is 124 cm³/mol. The van der Waals surface area contributed by atoms with Crippen molar-refractivity contribution in [3.05, 3.63) is 30.3 Å². The van der Waals surface area contributed by atoms with Crippen molar-refractivity contribution in [3.63, 3.8) is 0 Å². The van der Waals surface area contributed by atoms with Crippen LogP contribution < -0.4 is 20.1 Å². The van der Waals surface area contributed by atoms with Crippen molar-refractivity contribution in [1.82, 2.24) is 15.0 Å². The van der Waals surface area contributed by atoms with Gasteiger partial charge < -0.3 is 30.0 Å². The third-order valence-electron chi connectivity index (χ3n) is 5.10. The summed E-state index contributed by atoms with van der Waals surface area (Å²) in [6, 6.07) is 9.47. The lowest BCUT2D eigenvalue weighted by Crippen LogP contribution is -2.46. The SMILES string of the molecule is CC(C)Nc1nc(NC2CCCC2)nc(OCCOCC(C)(Oc2ccccc2)C(=O)O)n1. The molecular formula is C23H33N5O5. The standard InChI is InChI=1S/C23H33N5O5/c1-16(2)24-20-26-21(25-17-9-7-8-10-17)28-22(27-20)32-14-13-31-15-23(3,19(29)30)33-18-11-5-4-6-12-18/h4-6,11-12,16-17H,7-10,13-15H2,1-3H3,(H,29,30)(H2,24,25,26,27,28). The minimum Gasteiger partial charge on any atom is -0.478 e. The molecule has 1 unspecified atom stereocenters. The molecular weight excluding hydrogens is 426 g/mol. The van der Waals surface area contributed by atoms with E-state index in [1.807, 2.05) is 19.9 Å². The Morgan fingerprint density at radius 3 is 2.48 bits per heavy atom. The number of rotatable bonds is 13. The molecule has 180 valence electrons. The Labute approximate surface area is 194 Å². The molecule has 1 aromatic carbocycles. The second kappa shape index (κ2) is 11.6. The molecule has 0 amide bonds. The molecule has 0 saturated heterocycles. The lowest BCUT2D eigenvalue weighted by molar-refractivity contribution is -0.159. The summed E-state index contributed by atoms with van der Waals surface area (Å²) in [4.78, 5) is 24.8. The van der Waals surface area contributed by atoms with E-state index in [4.69, 9.17) is 14.2 Å². The second-order valence-electron chi connectivity index (χ2n) is 8.54. The van der Waals surface area contributed by atoms with Crippen LogP contribution >= 0.6 is 0 Å². The summed E-state index contributed by atoms with van der Waals surface area (Å²) in [5.41, 5.74) is -1.53. The highest BCUT2D eigenvalue weighted by atomic mass is 16.6. The minimum absolute atomic E-state index is 0.144. The van der Waals surface area contributed by atoms with Crippen LogP contribution in [0.3, 0.4) is 0 Å². The molecule has 2 aromatic rings. The van der Waals surface area contributed by atoms with Gasteiger partial charge in [0.2, 0.25) is 17.5 Å². The largest absolute Gasteiger partial charge is 0.478 e. The van der Waals surface area contributed by atoms with Crippen molar-refractivity contribution in [2.24, 2.45) is 0 Å². The van der Waals surface area contributed by atoms with Gasteiger partial charge in [0, 0.05) is 12.1 Å². The van der Waals surface area contributed by atoms with Crippen LogP contribution in [-0.4, -0.2) is 63.5 Å². The van der Waals surface area contributed by atoms with Crippen molar-refractivity contribution in [1.29, 1.82) is 0 Å². The summed E-state index contributed by atoms with van der Waals surface area (Å²) in [6.07, 6.45) is 4.58. The Morgan fingerprint density at radius 1 is 1.12 bits per heavy atom. The van der Waals surface area contributed by atoms with Crippen LogP contribution in [0.15, 0.2) is 30.3 Å². The third-order valence-corrected chi connectivity index (χ3v) is 5.10. The number of aliphatic carboxylic acids is 1. The zero-order valence-electron chi connectivity index (χ0n) is 19.4. The zero-order valence-corrected chi connectivity index (χ0v) is 19.4. The Kier molecular flexibility index (Phi) is 8.65. The Hall–Kier alpha value is -3.14. The van der Waals surface area contributed by atoms with Crippen molar-refractivity contribution >= 4 is 17.9 Å². The number of carbonyl (C=O) groups is 1. The predicted octanol–water partition coefficient (Wildman–Crippen LogP) is 3.36. The Balaban J connectivity index is 1.53. The van der Waals surface area contributed by atoms with Crippen LogP contribution in [0.2, 0.25) is 0 Å². The number of aromatic nitrogens is 3. The van der Waals surface area contributed by atoms with Gasteiger partial charge in [-0.15, -0.1) is 0 Å². The molecule has 1 saturated carbocycles. The molecule has 3 N–H and O–H groups in total. The maximum atomic E-state index is 11.7. The van der Waals surface area contributed by atoms with Crippen LogP contribution in [0.25, 0.3) is 0 Å². The first-order chi connectivity index (χ1) is 15.8. The number of anilines is 2. The van der Waals surface area contributed by atoms with Gasteiger partial charge in [-0.25, -0.2) is 4.79 Å². The number of nitrogens with one attached hydrogen (secondary N) is 2. The average molecular weight is 460 g/mol. The molecule has 1 aliphatic carbocycles. The summed E-state index contributed by atoms with van der Waals surface area (Å²) in [6.45, 7) is 5.62. The maximum absolute atomic E-state index is 11.7. The number of hydrogen-bond donors (Lipinski definition) is 3. The molecule has 1 fully saturated rings. The number of benzene rings is 1. The molecule has 1 heterocycles. The lowest BCUT2D eigenvalue weighted by Gasteiger charge is -2.26. The van der Waals surface area contributed by atoms with Crippen LogP contribution in [0, 0.1) is 0 Å². The molecule has 0 radical (unpaired) electrons. The summed E-state index contributed by atoms with van der Waals surface area (Å²) in [7, 11) is 0. The van der Waals surface area contributed by atoms with E-state index >= 15 is 0 Å². The van der Waals surface area contributed by atoms with Crippen molar-refractivity contribution in [2.75, 3.05) is 30.5 Å². The third kappa shape index (κ3) is 7.74. The van der Waals surface area contributed by atoms with Gasteiger partial charge >= 0.3 is 12.0 Å². The summed E-state index contributed by atoms with van der Waals surface area (Å²) in [5.74, 6) is 0.258. The van der Waals surface area contributed by atoms with E-state index in [2.05, 4.69) is 25.6 Å². The summed E-state index contributed by atoms with van der Waals surface area (Å²) in [5, 5.41) is 16.1. The van der Waals surface area contributed by atoms with Gasteiger partial charge in [0.25, 0.3) is 0 Å². The highest BCUT2D eigenvalue weighted by Crippen LogP contribution is 2.22. The van der Waals surface area contributed by atoms with E-state index in [-0.39, 0.29) is 31.9 Å². The molecule has 1 aromatic heterocycles. The number of carboxylic acid groups (broad SMARTS) is 1. The Morgan fingerprint density at radius 2 is 1.82 bits per heavy atom. The first-order valence-electron chi connectivity index (χ1n) is 11.3. The van der Waals surface area contributed by atoms with Crippen molar-refractivity contribution < 1.29 is 24.1 Å². The molecule has 0 aliphatic heterocycles. The number of hydrogen-bond acceptors (Lipinski definition) is 9. The topological polar surface area (TPSA) is 128 Å². The molecule has 10 heteroatoms. The van der Waals surface area contributed by atoms with E-state index in [1.54, 1.807) is 24.3 Å². The van der Waals surface area contributed by atoms with Crippen molar-refractivity contribution in [2.45, 2.75) is 64.1 Å². The van der Waals surface area contributed by atoms with Gasteiger partial charge in [-0.2, -0.15) is 15.0 Å². The molecule has 3 rings (SSSR count). The number of nitrogens with zero attached hydrogens (tertiary/aromatic N) is 3. The molecule has 10 nitrogen and oxygen atoms in total. The average Bonchev–Trinajstić information content (AvgIpc) is 3.26. The first-order valence-corrected chi connectivity index (χ1v) is 11.3. The fourth-order valence-electron chi connectivity index (χ4n) is 3.40. The van der Waals surface area contributed by atoms with Gasteiger partial charge in [0.1, 0.15) is 12.4 Å². The maximum Gasteiger partial charge on any atom is 0.350 e. The quantitative estimate of drug-likeness (QED) is 0.384. The minimum atomic E-state index is -1.53. The highest BCUT2D eigenvalue weighted by molar-refractivity contribution is 5.77. The molecule has 1 aliphatic rings. The normalized spacial score (nSPS) is 15.8. The van der Waals surface area contributed by atoms with E-state index in [9.17, 15) is 9.90 Å². The van der Waals surface area contributed by atoms with Gasteiger partial charge in [-0.05, 0) is 45.7 Å². The smallest absolute Gasteiger partial charge is 0.350 e. The second-order valence-corrected chi connectivity index (χ2v) is 8.54. The van der Waals surface area contributed by atoms with Crippen LogP contribution in [0.1, 0.15) is 46.5 Å². The van der Waals surface area contributed by atoms with Crippen LogP contribution in [0.5, 0.6) is 11.8 Å². The van der Waals surface area contributed by atoms with Gasteiger partial charge in [-0.1, -0.05) is 31.0 Å². The highest BCUT2D eigenvalue weighted by Gasteiger charge is 2.36. The van der Waals surface area contributed by atoms with Crippen molar-refractivity contribution in [3.8, 4) is 11.8 Å². The number of ether oxygens (including phenoxy) is 3. The van der Waals surface area contributed by atoms with E-state index in [0.717, 1.165) is 12.8 Å². The van der Waals surface area contributed by atoms with E-state index < -0.39 is 11.6 Å². The lowest BCUT2D eigenvalue weighted by atomic mass is 10.1. The van der Waals surface area contributed by atoms with E-state index in [0.29, 0.717) is 23.7 Å². The molecule has 33 heavy (non-hydrogen) atoms. The summed E-state index contributed by atoms with van der Waals surface area (Å²) >= 11 is 0. The zero-order chi connectivity index (χ0) is 23.7. The van der Waals surface area contributed by atoms with Gasteiger partial charge in [0.15, 0.2) is 0 Å². The fourth-order valence-corrected chi connectivity index (χ4v) is 3.40.